The maximum atomic E-state index is 13.2. The van der Waals surface area contributed by atoms with Gasteiger partial charge >= 0.3 is 5.97 Å². The molecule has 2 aromatic rings. The minimum absolute atomic E-state index is 0.139. The third kappa shape index (κ3) is 5.15. The third-order valence-corrected chi connectivity index (χ3v) is 4.85. The van der Waals surface area contributed by atoms with Crippen molar-refractivity contribution in [1.82, 2.24) is 10.3 Å². The van der Waals surface area contributed by atoms with Gasteiger partial charge in [-0.1, -0.05) is 32.0 Å². The number of pyridine rings is 1. The SMILES string of the molecule is CC(C)C[C@H](NC(=O)c1ccc(C2CC2)c(Cc2ccc(F)cc2)n1)C(=O)O. The summed E-state index contributed by atoms with van der Waals surface area (Å²) in [7, 11) is 0. The average molecular weight is 384 g/mol. The van der Waals surface area contributed by atoms with Crippen LogP contribution >= 0.6 is 0 Å². The fourth-order valence-electron chi connectivity index (χ4n) is 3.27. The lowest BCUT2D eigenvalue weighted by Gasteiger charge is -2.17. The van der Waals surface area contributed by atoms with Crippen LogP contribution in [0, 0.1) is 11.7 Å². The molecule has 148 valence electrons. The number of benzene rings is 1. The Kier molecular flexibility index (Phi) is 6.07. The summed E-state index contributed by atoms with van der Waals surface area (Å²) in [6, 6.07) is 8.87. The Balaban J connectivity index is 1.82. The smallest absolute Gasteiger partial charge is 0.326 e. The lowest BCUT2D eigenvalue weighted by Crippen LogP contribution is -2.42. The minimum atomic E-state index is -1.05. The van der Waals surface area contributed by atoms with Crippen LogP contribution in [0.25, 0.3) is 0 Å². The number of carbonyl (C=O) groups is 2. The van der Waals surface area contributed by atoms with Crippen molar-refractivity contribution >= 4 is 11.9 Å². The second-order valence-electron chi connectivity index (χ2n) is 7.80. The third-order valence-electron chi connectivity index (χ3n) is 4.85. The highest BCUT2D eigenvalue weighted by Crippen LogP contribution is 2.41. The molecule has 5 nitrogen and oxygen atoms in total. The number of carbonyl (C=O) groups excluding carboxylic acids is 1. The number of aliphatic carboxylic acids is 1. The van der Waals surface area contributed by atoms with Gasteiger partial charge in [0.25, 0.3) is 5.91 Å². The zero-order valence-electron chi connectivity index (χ0n) is 16.1. The lowest BCUT2D eigenvalue weighted by atomic mass is 10.0. The first-order valence-electron chi connectivity index (χ1n) is 9.61. The Morgan fingerprint density at radius 1 is 1.18 bits per heavy atom. The van der Waals surface area contributed by atoms with Crippen LogP contribution in [0.4, 0.5) is 4.39 Å². The zero-order chi connectivity index (χ0) is 20.3. The highest BCUT2D eigenvalue weighted by molar-refractivity contribution is 5.95. The van der Waals surface area contributed by atoms with Crippen molar-refractivity contribution < 1.29 is 19.1 Å². The Labute approximate surface area is 164 Å². The second-order valence-corrected chi connectivity index (χ2v) is 7.80. The Hall–Kier alpha value is -2.76. The lowest BCUT2D eigenvalue weighted by molar-refractivity contribution is -0.139. The van der Waals surface area contributed by atoms with Gasteiger partial charge in [0.2, 0.25) is 0 Å². The largest absolute Gasteiger partial charge is 0.480 e. The van der Waals surface area contributed by atoms with E-state index >= 15 is 0 Å². The van der Waals surface area contributed by atoms with Crippen LogP contribution in [0.1, 0.15) is 66.3 Å². The van der Waals surface area contributed by atoms with E-state index in [1.54, 1.807) is 18.2 Å². The molecule has 1 fully saturated rings. The summed E-state index contributed by atoms with van der Waals surface area (Å²) in [5.74, 6) is -1.25. The highest BCUT2D eigenvalue weighted by atomic mass is 19.1. The summed E-state index contributed by atoms with van der Waals surface area (Å²) < 4.78 is 13.2. The number of rotatable bonds is 8. The van der Waals surface area contributed by atoms with E-state index in [9.17, 15) is 19.1 Å². The summed E-state index contributed by atoms with van der Waals surface area (Å²) in [6.07, 6.45) is 3.05. The minimum Gasteiger partial charge on any atom is -0.480 e. The molecule has 0 bridgehead atoms. The van der Waals surface area contributed by atoms with Gasteiger partial charge < -0.3 is 10.4 Å². The van der Waals surface area contributed by atoms with Gasteiger partial charge in [0.05, 0.1) is 0 Å². The number of hydrogen-bond acceptors (Lipinski definition) is 3. The number of carboxylic acid groups (broad SMARTS) is 1. The predicted octanol–water partition coefficient (Wildman–Crippen LogP) is 3.92. The number of halogens is 1. The van der Waals surface area contributed by atoms with Crippen molar-refractivity contribution in [3.8, 4) is 0 Å². The van der Waals surface area contributed by atoms with Crippen LogP contribution in [0.5, 0.6) is 0 Å². The van der Waals surface area contributed by atoms with E-state index in [1.165, 1.54) is 12.1 Å². The summed E-state index contributed by atoms with van der Waals surface area (Å²) in [4.78, 5) is 28.6. The summed E-state index contributed by atoms with van der Waals surface area (Å²) in [5.41, 5.74) is 3.02. The van der Waals surface area contributed by atoms with Crippen molar-refractivity contribution in [3.63, 3.8) is 0 Å². The van der Waals surface area contributed by atoms with Crippen molar-refractivity contribution in [3.05, 3.63) is 64.7 Å². The molecule has 2 N–H and O–H groups in total. The van der Waals surface area contributed by atoms with E-state index in [-0.39, 0.29) is 17.4 Å². The van der Waals surface area contributed by atoms with Gasteiger partial charge in [-0.05, 0) is 60.4 Å². The fraction of sp³-hybridized carbons (Fsp3) is 0.409. The molecule has 3 rings (SSSR count). The number of carboxylic acids is 1. The first-order chi connectivity index (χ1) is 13.3. The Morgan fingerprint density at radius 2 is 1.86 bits per heavy atom. The van der Waals surface area contributed by atoms with Gasteiger partial charge in [0, 0.05) is 12.1 Å². The molecular weight excluding hydrogens is 359 g/mol. The number of amides is 1. The molecule has 0 radical (unpaired) electrons. The van der Waals surface area contributed by atoms with Gasteiger partial charge in [-0.15, -0.1) is 0 Å². The summed E-state index contributed by atoms with van der Waals surface area (Å²) >= 11 is 0. The van der Waals surface area contributed by atoms with E-state index in [2.05, 4.69) is 10.3 Å². The first kappa shape index (κ1) is 20.0. The van der Waals surface area contributed by atoms with Gasteiger partial charge in [-0.3, -0.25) is 4.79 Å². The van der Waals surface area contributed by atoms with Gasteiger partial charge in [0.15, 0.2) is 0 Å². The van der Waals surface area contributed by atoms with Gasteiger partial charge in [0.1, 0.15) is 17.6 Å². The molecule has 6 heteroatoms. The molecule has 1 saturated carbocycles. The maximum Gasteiger partial charge on any atom is 0.326 e. The molecule has 1 aromatic heterocycles. The second kappa shape index (κ2) is 8.50. The first-order valence-corrected chi connectivity index (χ1v) is 9.61. The molecule has 1 amide bonds. The van der Waals surface area contributed by atoms with Crippen molar-refractivity contribution in [2.75, 3.05) is 0 Å². The molecule has 1 heterocycles. The van der Waals surface area contributed by atoms with E-state index < -0.39 is 17.9 Å². The molecule has 1 atom stereocenters. The topological polar surface area (TPSA) is 79.3 Å². The molecule has 0 unspecified atom stereocenters. The predicted molar refractivity (Wildman–Crippen MR) is 104 cm³/mol. The maximum absolute atomic E-state index is 13.2. The van der Waals surface area contributed by atoms with Gasteiger partial charge in [-0.2, -0.15) is 0 Å². The van der Waals surface area contributed by atoms with E-state index in [1.807, 2.05) is 19.9 Å². The van der Waals surface area contributed by atoms with Gasteiger partial charge in [-0.25, -0.2) is 14.2 Å². The van der Waals surface area contributed by atoms with Crippen molar-refractivity contribution in [2.24, 2.45) is 5.92 Å². The molecular formula is C22H25FN2O3. The molecule has 1 aliphatic rings. The van der Waals surface area contributed by atoms with Crippen LogP contribution in [-0.4, -0.2) is 28.0 Å². The quantitative estimate of drug-likeness (QED) is 0.723. The van der Waals surface area contributed by atoms with Crippen molar-refractivity contribution in [2.45, 2.75) is 51.5 Å². The zero-order valence-corrected chi connectivity index (χ0v) is 16.1. The highest BCUT2D eigenvalue weighted by Gasteiger charge is 2.28. The van der Waals surface area contributed by atoms with Crippen LogP contribution in [0.15, 0.2) is 36.4 Å². The molecule has 1 aromatic carbocycles. The Morgan fingerprint density at radius 3 is 2.43 bits per heavy atom. The molecule has 0 aliphatic heterocycles. The van der Waals surface area contributed by atoms with Crippen LogP contribution in [0.2, 0.25) is 0 Å². The van der Waals surface area contributed by atoms with Crippen LogP contribution in [-0.2, 0) is 11.2 Å². The average Bonchev–Trinajstić information content (AvgIpc) is 3.47. The Bertz CT molecular complexity index is 861. The van der Waals surface area contributed by atoms with E-state index in [0.717, 1.165) is 29.7 Å². The van der Waals surface area contributed by atoms with E-state index in [0.29, 0.717) is 18.8 Å². The number of nitrogens with one attached hydrogen (secondary N) is 1. The molecule has 0 spiro atoms. The molecule has 1 aliphatic carbocycles. The standard InChI is InChI=1S/C22H25FN2O3/c1-13(2)11-20(22(27)28)25-21(26)18-10-9-17(15-5-6-15)19(24-18)12-14-3-7-16(23)8-4-14/h3-4,7-10,13,15,20H,5-6,11-12H2,1-2H3,(H,25,26)(H,27,28)/t20-/m0/s1. The van der Waals surface area contributed by atoms with Crippen molar-refractivity contribution in [1.29, 1.82) is 0 Å². The number of hydrogen-bond donors (Lipinski definition) is 2. The molecule has 0 saturated heterocycles. The van der Waals surface area contributed by atoms with E-state index in [4.69, 9.17) is 0 Å². The van der Waals surface area contributed by atoms with Crippen LogP contribution in [0.3, 0.4) is 0 Å². The number of aromatic nitrogens is 1. The van der Waals surface area contributed by atoms with Crippen LogP contribution < -0.4 is 5.32 Å². The summed E-state index contributed by atoms with van der Waals surface area (Å²) in [5, 5.41) is 11.9. The normalized spacial score (nSPS) is 14.7. The number of nitrogens with zero attached hydrogens (tertiary/aromatic N) is 1. The monoisotopic (exact) mass is 384 g/mol. The fourth-order valence-corrected chi connectivity index (χ4v) is 3.27. The molecule has 28 heavy (non-hydrogen) atoms. The summed E-state index contributed by atoms with van der Waals surface area (Å²) in [6.45, 7) is 3.82.